The van der Waals surface area contributed by atoms with E-state index >= 15 is 0 Å². The summed E-state index contributed by atoms with van der Waals surface area (Å²) >= 11 is 0. The van der Waals surface area contributed by atoms with Crippen LogP contribution in [0.1, 0.15) is 6.42 Å². The van der Waals surface area contributed by atoms with E-state index in [0.717, 1.165) is 13.1 Å². The van der Waals surface area contributed by atoms with Gasteiger partial charge in [0.2, 0.25) is 15.9 Å². The minimum Gasteiger partial charge on any atom is -0.339 e. The lowest BCUT2D eigenvalue weighted by Gasteiger charge is -2.28. The molecule has 6 nitrogen and oxygen atoms in total. The second-order valence-corrected chi connectivity index (χ2v) is 6.22. The van der Waals surface area contributed by atoms with E-state index in [2.05, 4.69) is 5.32 Å². The van der Waals surface area contributed by atoms with Crippen LogP contribution in [0.5, 0.6) is 0 Å². The number of hydrogen-bond donors (Lipinski definition) is 1. The third-order valence-electron chi connectivity index (χ3n) is 2.98. The predicted molar refractivity (Wildman–Crippen MR) is 59.4 cm³/mol. The van der Waals surface area contributed by atoms with E-state index in [9.17, 15) is 13.2 Å². The molecule has 0 spiro atoms. The Morgan fingerprint density at radius 2 is 1.88 bits per heavy atom. The topological polar surface area (TPSA) is 69.7 Å². The third-order valence-corrected chi connectivity index (χ3v) is 4.89. The van der Waals surface area contributed by atoms with Gasteiger partial charge < -0.3 is 10.2 Å². The van der Waals surface area contributed by atoms with Gasteiger partial charge in [-0.3, -0.25) is 4.79 Å². The maximum absolute atomic E-state index is 11.8. The molecular formula is C9H17N3O3S. The summed E-state index contributed by atoms with van der Waals surface area (Å²) in [4.78, 5) is 13.6. The summed E-state index contributed by atoms with van der Waals surface area (Å²) in [5.74, 6) is 0.106. The van der Waals surface area contributed by atoms with Crippen molar-refractivity contribution in [3.63, 3.8) is 0 Å². The summed E-state index contributed by atoms with van der Waals surface area (Å²) in [7, 11) is -3.15. The monoisotopic (exact) mass is 247 g/mol. The van der Waals surface area contributed by atoms with Crippen LogP contribution in [-0.2, 0) is 14.8 Å². The van der Waals surface area contributed by atoms with Gasteiger partial charge in [0.25, 0.3) is 0 Å². The second-order valence-electron chi connectivity index (χ2n) is 4.13. The number of carbonyl (C=O) groups is 1. The summed E-state index contributed by atoms with van der Waals surface area (Å²) in [6.45, 7) is 3.43. The van der Waals surface area contributed by atoms with Gasteiger partial charge in [0.05, 0.1) is 12.3 Å². The highest BCUT2D eigenvalue weighted by molar-refractivity contribution is 7.89. The van der Waals surface area contributed by atoms with Gasteiger partial charge in [-0.15, -0.1) is 0 Å². The zero-order chi connectivity index (χ0) is 11.6. The molecule has 2 rings (SSSR count). The van der Waals surface area contributed by atoms with Crippen molar-refractivity contribution in [2.75, 3.05) is 45.0 Å². The smallest absolute Gasteiger partial charge is 0.237 e. The minimum atomic E-state index is -3.15. The van der Waals surface area contributed by atoms with E-state index in [1.807, 2.05) is 0 Å². The first kappa shape index (κ1) is 11.8. The zero-order valence-electron chi connectivity index (χ0n) is 9.18. The van der Waals surface area contributed by atoms with Crippen LogP contribution in [0.2, 0.25) is 0 Å². The molecule has 0 aromatic rings. The fraction of sp³-hybridized carbons (Fsp3) is 0.889. The summed E-state index contributed by atoms with van der Waals surface area (Å²) < 4.78 is 24.3. The van der Waals surface area contributed by atoms with Gasteiger partial charge in [0.15, 0.2) is 0 Å². The molecule has 0 atom stereocenters. The highest BCUT2D eigenvalue weighted by Crippen LogP contribution is 2.13. The van der Waals surface area contributed by atoms with Crippen LogP contribution in [0.3, 0.4) is 0 Å². The molecule has 7 heteroatoms. The van der Waals surface area contributed by atoms with E-state index in [0.29, 0.717) is 26.1 Å². The fourth-order valence-corrected chi connectivity index (χ4v) is 3.50. The van der Waals surface area contributed by atoms with E-state index < -0.39 is 10.0 Å². The molecule has 0 bridgehead atoms. The van der Waals surface area contributed by atoms with Crippen molar-refractivity contribution < 1.29 is 13.2 Å². The average Bonchev–Trinajstić information content (AvgIpc) is 2.59. The molecule has 0 radical (unpaired) electrons. The van der Waals surface area contributed by atoms with Crippen molar-refractivity contribution in [3.8, 4) is 0 Å². The lowest BCUT2D eigenvalue weighted by atomic mass is 10.3. The number of piperazine rings is 1. The van der Waals surface area contributed by atoms with Crippen molar-refractivity contribution >= 4 is 15.9 Å². The Bertz CT molecular complexity index is 362. The van der Waals surface area contributed by atoms with Crippen LogP contribution in [0.15, 0.2) is 0 Å². The van der Waals surface area contributed by atoms with Gasteiger partial charge in [-0.25, -0.2) is 8.42 Å². The molecule has 2 heterocycles. The number of sulfonamides is 1. The predicted octanol–water partition coefficient (Wildman–Crippen LogP) is -1.55. The average molecular weight is 247 g/mol. The first-order chi connectivity index (χ1) is 7.59. The Kier molecular flexibility index (Phi) is 3.46. The Hall–Kier alpha value is -0.660. The molecular weight excluding hydrogens is 230 g/mol. The molecule has 0 saturated carbocycles. The molecule has 2 saturated heterocycles. The maximum Gasteiger partial charge on any atom is 0.237 e. The Morgan fingerprint density at radius 1 is 1.19 bits per heavy atom. The second kappa shape index (κ2) is 4.68. The molecule has 1 amide bonds. The summed E-state index contributed by atoms with van der Waals surface area (Å²) in [5, 5.41) is 3.15. The largest absolute Gasteiger partial charge is 0.339 e. The van der Waals surface area contributed by atoms with Crippen molar-refractivity contribution in [1.29, 1.82) is 0 Å². The number of amides is 1. The molecule has 0 unspecified atom stereocenters. The molecule has 2 aliphatic heterocycles. The fourth-order valence-electron chi connectivity index (χ4n) is 2.03. The molecule has 0 aromatic carbocycles. The molecule has 1 N–H and O–H groups in total. The first-order valence-corrected chi connectivity index (χ1v) is 7.17. The molecule has 92 valence electrons. The number of carbonyl (C=O) groups excluding carboxylic acids is 1. The standard InChI is InChI=1S/C9H17N3O3S/c13-9(11-5-2-10-3-6-11)8-12-4-1-7-16(12,14)15/h10H,1-8H2. The van der Waals surface area contributed by atoms with Crippen LogP contribution >= 0.6 is 0 Å². The van der Waals surface area contributed by atoms with Crippen LogP contribution in [0, 0.1) is 0 Å². The quantitative estimate of drug-likeness (QED) is 0.641. The Balaban J connectivity index is 1.91. The number of hydrogen-bond acceptors (Lipinski definition) is 4. The summed E-state index contributed by atoms with van der Waals surface area (Å²) in [6.07, 6.45) is 0.636. The van der Waals surface area contributed by atoms with Gasteiger partial charge in [0, 0.05) is 32.7 Å². The van der Waals surface area contributed by atoms with Crippen molar-refractivity contribution in [1.82, 2.24) is 14.5 Å². The van der Waals surface area contributed by atoms with Crippen LogP contribution in [0.4, 0.5) is 0 Å². The molecule has 2 aliphatic rings. The van der Waals surface area contributed by atoms with Gasteiger partial charge >= 0.3 is 0 Å². The van der Waals surface area contributed by atoms with Gasteiger partial charge in [0.1, 0.15) is 0 Å². The van der Waals surface area contributed by atoms with Crippen LogP contribution < -0.4 is 5.32 Å². The number of nitrogens with zero attached hydrogens (tertiary/aromatic N) is 2. The molecule has 16 heavy (non-hydrogen) atoms. The van der Waals surface area contributed by atoms with Gasteiger partial charge in [-0.2, -0.15) is 4.31 Å². The molecule has 0 aliphatic carbocycles. The highest BCUT2D eigenvalue weighted by atomic mass is 32.2. The maximum atomic E-state index is 11.8. The SMILES string of the molecule is O=C(CN1CCCS1(=O)=O)N1CCNCC1. The van der Waals surface area contributed by atoms with E-state index in [-0.39, 0.29) is 18.2 Å². The lowest BCUT2D eigenvalue weighted by Crippen LogP contribution is -2.49. The third kappa shape index (κ3) is 2.53. The normalized spacial score (nSPS) is 25.9. The Morgan fingerprint density at radius 3 is 2.44 bits per heavy atom. The number of rotatable bonds is 2. The summed E-state index contributed by atoms with van der Waals surface area (Å²) in [6, 6.07) is 0. The van der Waals surface area contributed by atoms with Gasteiger partial charge in [-0.1, -0.05) is 0 Å². The van der Waals surface area contributed by atoms with E-state index in [4.69, 9.17) is 0 Å². The zero-order valence-corrected chi connectivity index (χ0v) is 10.0. The van der Waals surface area contributed by atoms with Gasteiger partial charge in [-0.05, 0) is 6.42 Å². The van der Waals surface area contributed by atoms with Crippen LogP contribution in [0.25, 0.3) is 0 Å². The van der Waals surface area contributed by atoms with E-state index in [1.54, 1.807) is 4.90 Å². The van der Waals surface area contributed by atoms with Crippen LogP contribution in [-0.4, -0.2) is 68.6 Å². The highest BCUT2D eigenvalue weighted by Gasteiger charge is 2.31. The van der Waals surface area contributed by atoms with E-state index in [1.165, 1.54) is 4.31 Å². The lowest BCUT2D eigenvalue weighted by molar-refractivity contribution is -0.131. The minimum absolute atomic E-state index is 0.0162. The Labute approximate surface area is 95.6 Å². The van der Waals surface area contributed by atoms with Crippen molar-refractivity contribution in [3.05, 3.63) is 0 Å². The summed E-state index contributed by atoms with van der Waals surface area (Å²) in [5.41, 5.74) is 0. The van der Waals surface area contributed by atoms with Crippen molar-refractivity contribution in [2.45, 2.75) is 6.42 Å². The van der Waals surface area contributed by atoms with Crippen molar-refractivity contribution in [2.24, 2.45) is 0 Å². The molecule has 0 aromatic heterocycles. The first-order valence-electron chi connectivity index (χ1n) is 5.56. The molecule has 2 fully saturated rings. The number of nitrogens with one attached hydrogen (secondary N) is 1.